The van der Waals surface area contributed by atoms with Gasteiger partial charge in [0.25, 0.3) is 11.8 Å². The van der Waals surface area contributed by atoms with Crippen LogP contribution in [0.4, 0.5) is 14.6 Å². The van der Waals surface area contributed by atoms with Gasteiger partial charge < -0.3 is 10.6 Å². The number of carbonyl (C=O) groups excluding carboxylic acids is 1. The van der Waals surface area contributed by atoms with Gasteiger partial charge in [0.15, 0.2) is 0 Å². The van der Waals surface area contributed by atoms with Crippen LogP contribution in [-0.2, 0) is 12.3 Å². The zero-order valence-electron chi connectivity index (χ0n) is 16.2. The molecule has 0 atom stereocenters. The number of anilines is 1. The zero-order chi connectivity index (χ0) is 20.9. The van der Waals surface area contributed by atoms with E-state index in [2.05, 4.69) is 30.8 Å². The molecule has 7 nitrogen and oxygen atoms in total. The summed E-state index contributed by atoms with van der Waals surface area (Å²) >= 11 is 0. The molecule has 3 rings (SSSR count). The fourth-order valence-corrected chi connectivity index (χ4v) is 2.70. The molecule has 0 unspecified atom stereocenters. The summed E-state index contributed by atoms with van der Waals surface area (Å²) in [5.74, 6) is -3.59. The van der Waals surface area contributed by atoms with Crippen molar-refractivity contribution in [1.82, 2.24) is 25.5 Å². The summed E-state index contributed by atoms with van der Waals surface area (Å²) in [6.07, 6.45) is 4.24. The third-order valence-corrected chi connectivity index (χ3v) is 4.52. The lowest BCUT2D eigenvalue weighted by atomic mass is 10.1. The highest BCUT2D eigenvalue weighted by Crippen LogP contribution is 2.26. The van der Waals surface area contributed by atoms with Crippen molar-refractivity contribution in [3.8, 4) is 0 Å². The van der Waals surface area contributed by atoms with Crippen molar-refractivity contribution in [3.05, 3.63) is 70.9 Å². The predicted molar refractivity (Wildman–Crippen MR) is 105 cm³/mol. The van der Waals surface area contributed by atoms with E-state index in [1.807, 2.05) is 6.92 Å². The maximum atomic E-state index is 14.3. The molecule has 0 radical (unpaired) electrons. The number of aryl methyl sites for hydroxylation is 1. The van der Waals surface area contributed by atoms with Crippen LogP contribution in [0, 0.1) is 13.8 Å². The van der Waals surface area contributed by atoms with Crippen LogP contribution in [-0.4, -0.2) is 39.2 Å². The van der Waals surface area contributed by atoms with Gasteiger partial charge in [-0.3, -0.25) is 9.89 Å². The van der Waals surface area contributed by atoms with Crippen LogP contribution >= 0.6 is 0 Å². The topological polar surface area (TPSA) is 95.6 Å². The van der Waals surface area contributed by atoms with Crippen LogP contribution in [0.2, 0.25) is 0 Å². The lowest BCUT2D eigenvalue weighted by Gasteiger charge is -2.17. The molecule has 3 N–H and O–H groups in total. The van der Waals surface area contributed by atoms with Gasteiger partial charge in [-0.05, 0) is 25.8 Å². The van der Waals surface area contributed by atoms with Crippen molar-refractivity contribution in [3.63, 3.8) is 0 Å². The first-order valence-corrected chi connectivity index (χ1v) is 9.15. The van der Waals surface area contributed by atoms with Gasteiger partial charge in [0.05, 0.1) is 12.7 Å². The summed E-state index contributed by atoms with van der Waals surface area (Å²) in [7, 11) is 0. The molecule has 0 aliphatic rings. The van der Waals surface area contributed by atoms with E-state index in [9.17, 15) is 13.6 Å². The third-order valence-electron chi connectivity index (χ3n) is 4.52. The van der Waals surface area contributed by atoms with Crippen LogP contribution in [0.1, 0.15) is 33.0 Å². The molecule has 0 spiro atoms. The predicted octanol–water partition coefficient (Wildman–Crippen LogP) is 2.99. The van der Waals surface area contributed by atoms with Crippen LogP contribution in [0.3, 0.4) is 0 Å². The summed E-state index contributed by atoms with van der Waals surface area (Å²) < 4.78 is 28.6. The Labute approximate surface area is 167 Å². The Morgan fingerprint density at radius 2 is 1.93 bits per heavy atom. The minimum Gasteiger partial charge on any atom is -0.369 e. The molecule has 0 bridgehead atoms. The minimum atomic E-state index is -3.19. The molecule has 0 fully saturated rings. The zero-order valence-corrected chi connectivity index (χ0v) is 16.2. The second-order valence-corrected chi connectivity index (χ2v) is 6.64. The number of alkyl halides is 2. The average molecular weight is 400 g/mol. The number of carbonyl (C=O) groups is 1. The Bertz CT molecular complexity index is 961. The van der Waals surface area contributed by atoms with E-state index in [4.69, 9.17) is 0 Å². The maximum Gasteiger partial charge on any atom is 0.290 e. The average Bonchev–Trinajstić information content (AvgIpc) is 3.23. The molecule has 29 heavy (non-hydrogen) atoms. The van der Waals surface area contributed by atoms with Crippen LogP contribution in [0.25, 0.3) is 0 Å². The molecule has 2 heterocycles. The Kier molecular flexibility index (Phi) is 6.16. The van der Waals surface area contributed by atoms with Gasteiger partial charge >= 0.3 is 0 Å². The Morgan fingerprint density at radius 3 is 2.62 bits per heavy atom. The van der Waals surface area contributed by atoms with E-state index in [0.29, 0.717) is 24.5 Å². The van der Waals surface area contributed by atoms with Crippen molar-refractivity contribution in [2.45, 2.75) is 26.2 Å². The number of benzene rings is 1. The molecular weight excluding hydrogens is 378 g/mol. The molecule has 1 aromatic carbocycles. The van der Waals surface area contributed by atoms with E-state index in [1.54, 1.807) is 25.4 Å². The van der Waals surface area contributed by atoms with Gasteiger partial charge in [-0.15, -0.1) is 0 Å². The van der Waals surface area contributed by atoms with Crippen molar-refractivity contribution < 1.29 is 13.6 Å². The third kappa shape index (κ3) is 5.13. The van der Waals surface area contributed by atoms with Gasteiger partial charge in [0.1, 0.15) is 5.82 Å². The molecule has 1 amide bonds. The summed E-state index contributed by atoms with van der Waals surface area (Å²) in [6.45, 7) is 3.31. The summed E-state index contributed by atoms with van der Waals surface area (Å²) in [4.78, 5) is 20.8. The lowest BCUT2D eigenvalue weighted by molar-refractivity contribution is -0.00257. The van der Waals surface area contributed by atoms with E-state index in [0.717, 1.165) is 11.1 Å². The van der Waals surface area contributed by atoms with E-state index >= 15 is 0 Å². The fraction of sp³-hybridized carbons (Fsp3) is 0.300. The second-order valence-electron chi connectivity index (χ2n) is 6.64. The molecule has 3 aromatic rings. The number of hydrogen-bond donors (Lipinski definition) is 3. The summed E-state index contributed by atoms with van der Waals surface area (Å²) in [6, 6.07) is 7.35. The van der Waals surface area contributed by atoms with Crippen molar-refractivity contribution >= 4 is 11.7 Å². The second kappa shape index (κ2) is 8.76. The number of aromatic nitrogens is 4. The smallest absolute Gasteiger partial charge is 0.290 e. The maximum absolute atomic E-state index is 14.3. The normalized spacial score (nSPS) is 11.3. The van der Waals surface area contributed by atoms with Crippen LogP contribution in [0.15, 0.2) is 42.7 Å². The lowest BCUT2D eigenvalue weighted by Crippen LogP contribution is -2.36. The largest absolute Gasteiger partial charge is 0.369 e. The molecule has 0 aliphatic heterocycles. The van der Waals surface area contributed by atoms with E-state index in [-0.39, 0.29) is 11.4 Å². The molecule has 2 aromatic heterocycles. The van der Waals surface area contributed by atoms with Gasteiger partial charge in [-0.1, -0.05) is 30.3 Å². The monoisotopic (exact) mass is 400 g/mol. The van der Waals surface area contributed by atoms with Crippen LogP contribution < -0.4 is 10.6 Å². The highest BCUT2D eigenvalue weighted by molar-refractivity contribution is 5.91. The molecular formula is C20H22F2N6O. The fourth-order valence-electron chi connectivity index (χ4n) is 2.70. The number of nitrogens with one attached hydrogen (secondary N) is 3. The van der Waals surface area contributed by atoms with Crippen molar-refractivity contribution in [1.29, 1.82) is 0 Å². The van der Waals surface area contributed by atoms with Gasteiger partial charge in [-0.2, -0.15) is 13.9 Å². The van der Waals surface area contributed by atoms with E-state index in [1.165, 1.54) is 24.3 Å². The highest BCUT2D eigenvalue weighted by atomic mass is 19.3. The summed E-state index contributed by atoms with van der Waals surface area (Å²) in [5, 5.41) is 12.0. The minimum absolute atomic E-state index is 0.150. The molecule has 152 valence electrons. The number of amides is 1. The van der Waals surface area contributed by atoms with E-state index < -0.39 is 18.4 Å². The Balaban J connectivity index is 1.66. The number of H-pyrrole nitrogens is 1. The van der Waals surface area contributed by atoms with Gasteiger partial charge in [0.2, 0.25) is 5.82 Å². The van der Waals surface area contributed by atoms with Crippen molar-refractivity contribution in [2.75, 3.05) is 18.4 Å². The number of nitrogens with zero attached hydrogens (tertiary/aromatic N) is 3. The number of halogens is 2. The first-order chi connectivity index (χ1) is 13.9. The number of rotatable bonds is 8. The Hall–Kier alpha value is -3.36. The first kappa shape index (κ1) is 20.4. The van der Waals surface area contributed by atoms with Gasteiger partial charge in [-0.25, -0.2) is 9.97 Å². The molecule has 9 heteroatoms. The quantitative estimate of drug-likeness (QED) is 0.540. The van der Waals surface area contributed by atoms with Crippen molar-refractivity contribution in [2.24, 2.45) is 0 Å². The van der Waals surface area contributed by atoms with Gasteiger partial charge in [0, 0.05) is 29.6 Å². The molecule has 0 saturated carbocycles. The first-order valence-electron chi connectivity index (χ1n) is 9.15. The highest BCUT2D eigenvalue weighted by Gasteiger charge is 2.32. The summed E-state index contributed by atoms with van der Waals surface area (Å²) in [5.41, 5.74) is 2.26. The van der Waals surface area contributed by atoms with Crippen LogP contribution in [0.5, 0.6) is 0 Å². The number of aromatic amines is 1. The SMILES string of the molecule is Cc1nc(C(=O)NCC(F)(F)c2ccccc2)nc(NCCc2cn[nH]c2)c1C. The Morgan fingerprint density at radius 1 is 1.17 bits per heavy atom. The number of hydrogen-bond acceptors (Lipinski definition) is 5. The standard InChI is InChI=1S/C20H22F2N6O/c1-13-14(2)27-18(28-17(13)23-9-8-15-10-25-26-11-15)19(29)24-12-20(21,22)16-6-4-3-5-7-16/h3-7,10-11H,8-9,12H2,1-2H3,(H,24,29)(H,25,26)(H,23,27,28). The molecule has 0 aliphatic carbocycles. The molecule has 0 saturated heterocycles.